The molecule has 0 radical (unpaired) electrons. The van der Waals surface area contributed by atoms with Gasteiger partial charge in [0.05, 0.1) is 0 Å². The van der Waals surface area contributed by atoms with Crippen LogP contribution in [0, 0.1) is 0 Å². The zero-order chi connectivity index (χ0) is 5.70. The van der Waals surface area contributed by atoms with Crippen molar-refractivity contribution in [2.45, 2.75) is 0 Å². The first-order valence-electron chi connectivity index (χ1n) is 2.35. The van der Waals surface area contributed by atoms with Gasteiger partial charge < -0.3 is 4.90 Å². The number of nitrogens with one attached hydrogen (secondary N) is 1. The van der Waals surface area contributed by atoms with Crippen molar-refractivity contribution in [2.75, 3.05) is 27.2 Å². The van der Waals surface area contributed by atoms with Crippen LogP contribution >= 0.6 is 9.39 Å². The van der Waals surface area contributed by atoms with E-state index in [0.29, 0.717) is 0 Å². The molecule has 0 aliphatic carbocycles. The van der Waals surface area contributed by atoms with E-state index in [4.69, 9.17) is 0 Å². The average molecular weight is 120 g/mol. The third-order valence-corrected chi connectivity index (χ3v) is 0.992. The molecule has 0 aromatic heterocycles. The molecule has 0 spiro atoms. The van der Waals surface area contributed by atoms with E-state index in [2.05, 4.69) is 33.5 Å². The van der Waals surface area contributed by atoms with Crippen LogP contribution in [0.15, 0.2) is 0 Å². The Labute approximate surface area is 47.5 Å². The number of nitrogens with zero attached hydrogens (tertiary/aromatic N) is 1. The maximum absolute atomic E-state index is 2.97. The zero-order valence-corrected chi connectivity index (χ0v) is 6.09. The van der Waals surface area contributed by atoms with Crippen molar-refractivity contribution >= 4 is 9.39 Å². The molecular weight excluding hydrogens is 107 g/mol. The molecule has 0 saturated carbocycles. The fraction of sp³-hybridized carbons (Fsp3) is 1.00. The van der Waals surface area contributed by atoms with Gasteiger partial charge in [-0.05, 0) is 14.1 Å². The van der Waals surface area contributed by atoms with Gasteiger partial charge in [-0.2, -0.15) is 0 Å². The molecule has 0 aliphatic heterocycles. The fourth-order valence-corrected chi connectivity index (χ4v) is 0.417. The molecule has 0 amide bonds. The van der Waals surface area contributed by atoms with Crippen molar-refractivity contribution in [3.05, 3.63) is 0 Å². The molecule has 0 heterocycles. The Morgan fingerprint density at radius 3 is 2.29 bits per heavy atom. The topological polar surface area (TPSA) is 15.3 Å². The minimum Gasteiger partial charge on any atom is -0.308 e. The van der Waals surface area contributed by atoms with Crippen molar-refractivity contribution in [2.24, 2.45) is 0 Å². The molecule has 1 atom stereocenters. The Balaban J connectivity index is 2.68. The lowest BCUT2D eigenvalue weighted by atomic mass is 10.6. The molecule has 0 rings (SSSR count). The van der Waals surface area contributed by atoms with Gasteiger partial charge in [-0.15, -0.1) is 0 Å². The van der Waals surface area contributed by atoms with E-state index in [1.807, 2.05) is 0 Å². The Kier molecular flexibility index (Phi) is 4.73. The van der Waals surface area contributed by atoms with Gasteiger partial charge in [0, 0.05) is 13.1 Å². The molecule has 1 N–H and O–H groups in total. The molecule has 0 saturated heterocycles. The quantitative estimate of drug-likeness (QED) is 0.524. The monoisotopic (exact) mass is 120 g/mol. The fourth-order valence-electron chi connectivity index (χ4n) is 0.288. The van der Waals surface area contributed by atoms with E-state index >= 15 is 0 Å². The predicted molar refractivity (Wildman–Crippen MR) is 36.3 cm³/mol. The van der Waals surface area contributed by atoms with Gasteiger partial charge in [0.2, 0.25) is 0 Å². The van der Waals surface area contributed by atoms with Crippen molar-refractivity contribution in [1.82, 2.24) is 9.99 Å². The van der Waals surface area contributed by atoms with E-state index in [9.17, 15) is 0 Å². The molecule has 0 bridgehead atoms. The molecule has 0 aromatic carbocycles. The van der Waals surface area contributed by atoms with Crippen LogP contribution in [0.5, 0.6) is 0 Å². The lowest BCUT2D eigenvalue weighted by molar-refractivity contribution is 0.415. The molecule has 7 heavy (non-hydrogen) atoms. The highest BCUT2D eigenvalue weighted by molar-refractivity contribution is 7.13. The van der Waals surface area contributed by atoms with E-state index in [-0.39, 0.29) is 0 Å². The van der Waals surface area contributed by atoms with Crippen LogP contribution in [0.3, 0.4) is 0 Å². The van der Waals surface area contributed by atoms with Crippen LogP contribution in [0.2, 0.25) is 0 Å². The predicted octanol–water partition coefficient (Wildman–Crippen LogP) is -0.0723. The van der Waals surface area contributed by atoms with Gasteiger partial charge in [0.1, 0.15) is 0 Å². The summed E-state index contributed by atoms with van der Waals surface area (Å²) in [4.78, 5) is 2.14. The summed E-state index contributed by atoms with van der Waals surface area (Å²) in [5, 5.41) is 2.97. The van der Waals surface area contributed by atoms with Crippen LogP contribution < -0.4 is 5.09 Å². The summed E-state index contributed by atoms with van der Waals surface area (Å²) in [5.74, 6) is 0. The molecule has 2 nitrogen and oxygen atoms in total. The lowest BCUT2D eigenvalue weighted by Gasteiger charge is -2.06. The summed E-state index contributed by atoms with van der Waals surface area (Å²) in [6.07, 6.45) is 0. The second kappa shape index (κ2) is 4.51. The van der Waals surface area contributed by atoms with Crippen LogP contribution in [0.1, 0.15) is 0 Å². The number of hydrogen-bond donors (Lipinski definition) is 1. The van der Waals surface area contributed by atoms with E-state index < -0.39 is 0 Å². The average Bonchev–Trinajstić information content (AvgIpc) is 1.61. The number of rotatable bonds is 3. The SMILES string of the molecule is CN(C)CCNP. The van der Waals surface area contributed by atoms with E-state index in [1.54, 1.807) is 0 Å². The van der Waals surface area contributed by atoms with Crippen molar-refractivity contribution in [3.63, 3.8) is 0 Å². The minimum absolute atomic E-state index is 1.04. The molecular formula is C4H13N2P. The normalized spacial score (nSPS) is 10.3. The summed E-state index contributed by atoms with van der Waals surface area (Å²) in [6.45, 7) is 2.14. The van der Waals surface area contributed by atoms with Crippen LogP contribution in [0.25, 0.3) is 0 Å². The van der Waals surface area contributed by atoms with Crippen LogP contribution in [-0.4, -0.2) is 32.1 Å². The minimum atomic E-state index is 1.04. The van der Waals surface area contributed by atoms with Gasteiger partial charge >= 0.3 is 0 Å². The summed E-state index contributed by atoms with van der Waals surface area (Å²) in [5.41, 5.74) is 0. The lowest BCUT2D eigenvalue weighted by Crippen LogP contribution is -2.20. The van der Waals surface area contributed by atoms with Crippen molar-refractivity contribution in [1.29, 1.82) is 0 Å². The van der Waals surface area contributed by atoms with E-state index in [1.165, 1.54) is 0 Å². The highest BCUT2D eigenvalue weighted by Crippen LogP contribution is 1.72. The van der Waals surface area contributed by atoms with Gasteiger partial charge in [-0.1, -0.05) is 9.39 Å². The largest absolute Gasteiger partial charge is 0.308 e. The molecule has 44 valence electrons. The Bertz CT molecular complexity index is 38.7. The number of hydrogen-bond acceptors (Lipinski definition) is 2. The van der Waals surface area contributed by atoms with E-state index in [0.717, 1.165) is 13.1 Å². The van der Waals surface area contributed by atoms with Gasteiger partial charge in [-0.25, -0.2) is 0 Å². The highest BCUT2D eigenvalue weighted by Gasteiger charge is 1.82. The van der Waals surface area contributed by atoms with Gasteiger partial charge in [0.15, 0.2) is 0 Å². The Morgan fingerprint density at radius 2 is 2.14 bits per heavy atom. The summed E-state index contributed by atoms with van der Waals surface area (Å²) >= 11 is 0. The third kappa shape index (κ3) is 6.35. The molecule has 1 unspecified atom stereocenters. The summed E-state index contributed by atoms with van der Waals surface area (Å²) in [6, 6.07) is 0. The Hall–Kier alpha value is 0.350. The van der Waals surface area contributed by atoms with Crippen molar-refractivity contribution < 1.29 is 0 Å². The second-order valence-electron chi connectivity index (χ2n) is 1.76. The first-order chi connectivity index (χ1) is 3.27. The second-order valence-corrected chi connectivity index (χ2v) is 2.17. The van der Waals surface area contributed by atoms with Gasteiger partial charge in [-0.3, -0.25) is 5.09 Å². The summed E-state index contributed by atoms with van der Waals surface area (Å²) in [7, 11) is 6.58. The summed E-state index contributed by atoms with van der Waals surface area (Å²) < 4.78 is 0. The molecule has 0 fully saturated rings. The smallest absolute Gasteiger partial charge is 0.0113 e. The van der Waals surface area contributed by atoms with Gasteiger partial charge in [0.25, 0.3) is 0 Å². The molecule has 3 heteroatoms. The number of likely N-dealkylation sites (N-methyl/N-ethyl adjacent to an activating group) is 1. The van der Waals surface area contributed by atoms with Crippen LogP contribution in [-0.2, 0) is 0 Å². The Morgan fingerprint density at radius 1 is 1.57 bits per heavy atom. The molecule has 0 aliphatic rings. The molecule has 0 aromatic rings. The zero-order valence-electron chi connectivity index (χ0n) is 4.94. The first-order valence-corrected chi connectivity index (χ1v) is 2.93. The van der Waals surface area contributed by atoms with Crippen LogP contribution in [0.4, 0.5) is 0 Å². The standard InChI is InChI=1S/C4H13N2P/c1-6(2)4-3-5-7/h5H,3-4,7H2,1-2H3. The highest BCUT2D eigenvalue weighted by atomic mass is 31.0. The van der Waals surface area contributed by atoms with Crippen molar-refractivity contribution in [3.8, 4) is 0 Å². The maximum atomic E-state index is 2.97. The maximum Gasteiger partial charge on any atom is 0.0113 e. The first kappa shape index (κ1) is 7.35. The third-order valence-electron chi connectivity index (χ3n) is 0.703.